The van der Waals surface area contributed by atoms with Crippen LogP contribution in [-0.4, -0.2) is 65.3 Å². The minimum Gasteiger partial charge on any atom is -0.395 e. The van der Waals surface area contributed by atoms with Crippen molar-refractivity contribution in [3.63, 3.8) is 0 Å². The average molecular weight is 278 g/mol. The Balaban J connectivity index is 2.05. The quantitative estimate of drug-likeness (QED) is 0.792. The van der Waals surface area contributed by atoms with Gasteiger partial charge in [0.15, 0.2) is 0 Å². The van der Waals surface area contributed by atoms with Crippen molar-refractivity contribution in [2.45, 2.75) is 25.4 Å². The fourth-order valence-corrected chi connectivity index (χ4v) is 2.86. The van der Waals surface area contributed by atoms with Crippen LogP contribution in [0.25, 0.3) is 0 Å². The summed E-state index contributed by atoms with van der Waals surface area (Å²) in [5, 5.41) is 9.01. The standard InChI is InChI=1S/C15H26N4O/c1-2-13(16)15(14-5-3-4-6-17-14)19-9-7-18(8-10-19)11-12-20/h3-6,13,15,20H,2,7-12,16H2,1H3. The molecule has 1 aromatic rings. The highest BCUT2D eigenvalue weighted by Gasteiger charge is 2.29. The molecule has 3 N–H and O–H groups in total. The Morgan fingerprint density at radius 2 is 2.05 bits per heavy atom. The summed E-state index contributed by atoms with van der Waals surface area (Å²) < 4.78 is 0. The van der Waals surface area contributed by atoms with E-state index in [0.29, 0.717) is 0 Å². The predicted octanol–water partition coefficient (Wildman–Crippen LogP) is 0.470. The molecule has 0 saturated carbocycles. The Bertz CT molecular complexity index is 379. The molecule has 0 radical (unpaired) electrons. The van der Waals surface area contributed by atoms with Crippen molar-refractivity contribution in [3.05, 3.63) is 30.1 Å². The second kappa shape index (κ2) is 7.69. The summed E-state index contributed by atoms with van der Waals surface area (Å²) in [5.41, 5.74) is 7.41. The summed E-state index contributed by atoms with van der Waals surface area (Å²) >= 11 is 0. The van der Waals surface area contributed by atoms with Crippen LogP contribution in [0, 0.1) is 0 Å². The molecule has 1 aliphatic heterocycles. The van der Waals surface area contributed by atoms with E-state index in [0.717, 1.165) is 44.8 Å². The van der Waals surface area contributed by atoms with Gasteiger partial charge in [0.05, 0.1) is 18.3 Å². The number of hydrogen-bond acceptors (Lipinski definition) is 5. The van der Waals surface area contributed by atoms with E-state index in [1.807, 2.05) is 18.3 Å². The fraction of sp³-hybridized carbons (Fsp3) is 0.667. The molecular formula is C15H26N4O. The zero-order chi connectivity index (χ0) is 14.4. The van der Waals surface area contributed by atoms with Crippen molar-refractivity contribution in [2.24, 2.45) is 5.73 Å². The molecule has 1 fully saturated rings. The van der Waals surface area contributed by atoms with E-state index >= 15 is 0 Å². The molecule has 0 spiro atoms. The monoisotopic (exact) mass is 278 g/mol. The van der Waals surface area contributed by atoms with E-state index in [4.69, 9.17) is 10.8 Å². The van der Waals surface area contributed by atoms with Crippen LogP contribution in [0.1, 0.15) is 25.1 Å². The Labute approximate surface area is 121 Å². The summed E-state index contributed by atoms with van der Waals surface area (Å²) in [6.45, 7) is 7.06. The van der Waals surface area contributed by atoms with Crippen molar-refractivity contribution in [3.8, 4) is 0 Å². The van der Waals surface area contributed by atoms with E-state index < -0.39 is 0 Å². The number of aromatic nitrogens is 1. The van der Waals surface area contributed by atoms with Crippen LogP contribution in [0.5, 0.6) is 0 Å². The molecule has 1 saturated heterocycles. The Morgan fingerprint density at radius 3 is 2.60 bits per heavy atom. The molecule has 2 atom stereocenters. The smallest absolute Gasteiger partial charge is 0.0674 e. The second-order valence-electron chi connectivity index (χ2n) is 5.37. The van der Waals surface area contributed by atoms with Crippen molar-refractivity contribution < 1.29 is 5.11 Å². The second-order valence-corrected chi connectivity index (χ2v) is 5.37. The number of nitrogens with two attached hydrogens (primary N) is 1. The maximum absolute atomic E-state index is 9.01. The molecule has 2 unspecified atom stereocenters. The van der Waals surface area contributed by atoms with Crippen molar-refractivity contribution in [2.75, 3.05) is 39.3 Å². The summed E-state index contributed by atoms with van der Waals surface area (Å²) in [6.07, 6.45) is 2.78. The SMILES string of the molecule is CCC(N)C(c1ccccn1)N1CCN(CCO)CC1. The highest BCUT2D eigenvalue weighted by atomic mass is 16.3. The lowest BCUT2D eigenvalue weighted by Crippen LogP contribution is -2.51. The van der Waals surface area contributed by atoms with Crippen LogP contribution in [0.2, 0.25) is 0 Å². The molecule has 5 heteroatoms. The zero-order valence-corrected chi connectivity index (χ0v) is 12.3. The van der Waals surface area contributed by atoms with Crippen LogP contribution in [0.4, 0.5) is 0 Å². The number of rotatable bonds is 6. The minimum atomic E-state index is 0.106. The summed E-state index contributed by atoms with van der Waals surface area (Å²) in [7, 11) is 0. The van der Waals surface area contributed by atoms with Crippen LogP contribution in [-0.2, 0) is 0 Å². The average Bonchev–Trinajstić information content (AvgIpc) is 2.50. The maximum atomic E-state index is 9.01. The molecule has 2 heterocycles. The van der Waals surface area contributed by atoms with Crippen molar-refractivity contribution in [1.82, 2.24) is 14.8 Å². The number of aliphatic hydroxyl groups excluding tert-OH is 1. The van der Waals surface area contributed by atoms with Crippen LogP contribution >= 0.6 is 0 Å². The van der Waals surface area contributed by atoms with Gasteiger partial charge in [0.2, 0.25) is 0 Å². The Morgan fingerprint density at radius 1 is 1.30 bits per heavy atom. The molecule has 1 aliphatic rings. The normalized spacial score (nSPS) is 20.8. The number of pyridine rings is 1. The number of hydrogen-bond donors (Lipinski definition) is 2. The fourth-order valence-electron chi connectivity index (χ4n) is 2.86. The Hall–Kier alpha value is -1.01. The van der Waals surface area contributed by atoms with Crippen LogP contribution in [0.15, 0.2) is 24.4 Å². The van der Waals surface area contributed by atoms with Gasteiger partial charge < -0.3 is 10.8 Å². The molecule has 5 nitrogen and oxygen atoms in total. The first-order valence-electron chi connectivity index (χ1n) is 7.50. The van der Waals surface area contributed by atoms with Gasteiger partial charge in [0.25, 0.3) is 0 Å². The van der Waals surface area contributed by atoms with Crippen LogP contribution in [0.3, 0.4) is 0 Å². The number of piperazine rings is 1. The van der Waals surface area contributed by atoms with E-state index in [-0.39, 0.29) is 18.7 Å². The molecule has 0 aromatic carbocycles. The van der Waals surface area contributed by atoms with Crippen molar-refractivity contribution >= 4 is 0 Å². The first-order chi connectivity index (χ1) is 9.76. The topological polar surface area (TPSA) is 65.6 Å². The van der Waals surface area contributed by atoms with Gasteiger partial charge in [-0.15, -0.1) is 0 Å². The lowest BCUT2D eigenvalue weighted by Gasteiger charge is -2.40. The van der Waals surface area contributed by atoms with E-state index in [9.17, 15) is 0 Å². The number of nitrogens with zero attached hydrogens (tertiary/aromatic N) is 3. The molecule has 0 aliphatic carbocycles. The molecule has 20 heavy (non-hydrogen) atoms. The van der Waals surface area contributed by atoms with Gasteiger partial charge in [-0.3, -0.25) is 14.8 Å². The van der Waals surface area contributed by atoms with Crippen molar-refractivity contribution in [1.29, 1.82) is 0 Å². The van der Waals surface area contributed by atoms with E-state index in [1.54, 1.807) is 0 Å². The molecule has 2 rings (SSSR count). The summed E-state index contributed by atoms with van der Waals surface area (Å²) in [5.74, 6) is 0. The molecule has 0 amide bonds. The van der Waals surface area contributed by atoms with Crippen LogP contribution < -0.4 is 5.73 Å². The number of aliphatic hydroxyl groups is 1. The lowest BCUT2D eigenvalue weighted by atomic mass is 9.99. The van der Waals surface area contributed by atoms with E-state index in [1.165, 1.54) is 0 Å². The third-order valence-electron chi connectivity index (χ3n) is 4.08. The van der Waals surface area contributed by atoms with Gasteiger partial charge in [-0.05, 0) is 18.6 Å². The van der Waals surface area contributed by atoms with Gasteiger partial charge in [-0.2, -0.15) is 0 Å². The zero-order valence-electron chi connectivity index (χ0n) is 12.3. The molecule has 112 valence electrons. The maximum Gasteiger partial charge on any atom is 0.0674 e. The highest BCUT2D eigenvalue weighted by Crippen LogP contribution is 2.24. The van der Waals surface area contributed by atoms with Gasteiger partial charge in [0, 0.05) is 45.0 Å². The minimum absolute atomic E-state index is 0.106. The number of β-amino-alcohol motifs (C(OH)–C–C–N with tert-alkyl or cyclic N) is 1. The summed E-state index contributed by atoms with van der Waals surface area (Å²) in [6, 6.07) is 6.34. The highest BCUT2D eigenvalue weighted by molar-refractivity contribution is 5.12. The Kier molecular flexibility index (Phi) is 5.91. The third kappa shape index (κ3) is 3.76. The first-order valence-corrected chi connectivity index (χ1v) is 7.50. The lowest BCUT2D eigenvalue weighted by molar-refractivity contribution is 0.0718. The largest absolute Gasteiger partial charge is 0.395 e. The summed E-state index contributed by atoms with van der Waals surface area (Å²) in [4.78, 5) is 9.23. The van der Waals surface area contributed by atoms with Gasteiger partial charge in [-0.1, -0.05) is 13.0 Å². The van der Waals surface area contributed by atoms with Gasteiger partial charge in [-0.25, -0.2) is 0 Å². The molecule has 1 aromatic heterocycles. The van der Waals surface area contributed by atoms with E-state index in [2.05, 4.69) is 27.8 Å². The third-order valence-corrected chi connectivity index (χ3v) is 4.08. The molecule has 0 bridgehead atoms. The van der Waals surface area contributed by atoms with Gasteiger partial charge in [0.1, 0.15) is 0 Å². The first kappa shape index (κ1) is 15.4. The molecular weight excluding hydrogens is 252 g/mol. The predicted molar refractivity (Wildman–Crippen MR) is 80.3 cm³/mol. The van der Waals surface area contributed by atoms with Gasteiger partial charge >= 0.3 is 0 Å².